The first-order valence-electron chi connectivity index (χ1n) is 6.65. The van der Waals surface area contributed by atoms with Crippen molar-refractivity contribution in [1.29, 1.82) is 0 Å². The average molecular weight is 375 g/mol. The van der Waals surface area contributed by atoms with E-state index in [1.165, 1.54) is 10.6 Å². The van der Waals surface area contributed by atoms with Gasteiger partial charge in [-0.1, -0.05) is 15.9 Å². The van der Waals surface area contributed by atoms with Crippen molar-refractivity contribution in [3.8, 4) is 5.69 Å². The Morgan fingerprint density at radius 1 is 1.23 bits per heavy atom. The van der Waals surface area contributed by atoms with Gasteiger partial charge in [-0.25, -0.2) is 0 Å². The number of hydrogen-bond acceptors (Lipinski definition) is 3. The van der Waals surface area contributed by atoms with E-state index >= 15 is 0 Å². The smallest absolute Gasteiger partial charge is 0.371 e. The summed E-state index contributed by atoms with van der Waals surface area (Å²) < 4.78 is 42.2. The third kappa shape index (κ3) is 2.04. The van der Waals surface area contributed by atoms with Crippen LogP contribution in [0.3, 0.4) is 0 Å². The molecule has 4 nitrogen and oxygen atoms in total. The fourth-order valence-corrected chi connectivity index (χ4v) is 3.57. The molecular formula is C14H14BrF3N4. The predicted octanol–water partition coefficient (Wildman–Crippen LogP) is 4.33. The Labute approximate surface area is 133 Å². The number of aromatic nitrogens is 3. The van der Waals surface area contributed by atoms with Gasteiger partial charge in [0.2, 0.25) is 0 Å². The zero-order chi connectivity index (χ0) is 16.4. The fraction of sp³-hybridized carbons (Fsp3) is 0.429. The van der Waals surface area contributed by atoms with Crippen LogP contribution in [-0.4, -0.2) is 14.8 Å². The first-order chi connectivity index (χ1) is 10.0. The van der Waals surface area contributed by atoms with Crippen molar-refractivity contribution in [3.63, 3.8) is 0 Å². The molecule has 1 aromatic heterocycles. The van der Waals surface area contributed by atoms with Crippen molar-refractivity contribution in [2.75, 3.05) is 5.32 Å². The second-order valence-electron chi connectivity index (χ2n) is 5.93. The number of anilines is 1. The minimum atomic E-state index is -4.49. The molecule has 0 saturated carbocycles. The number of nitrogens with zero attached hydrogens (tertiary/aromatic N) is 3. The van der Waals surface area contributed by atoms with Gasteiger partial charge in [0, 0.05) is 4.47 Å². The van der Waals surface area contributed by atoms with E-state index in [2.05, 4.69) is 31.4 Å². The number of hydrogen-bond donors (Lipinski definition) is 1. The van der Waals surface area contributed by atoms with Crippen LogP contribution in [0.4, 0.5) is 18.9 Å². The Morgan fingerprint density at radius 2 is 1.86 bits per heavy atom. The van der Waals surface area contributed by atoms with Gasteiger partial charge in [0.05, 0.1) is 22.5 Å². The first kappa shape index (κ1) is 15.3. The van der Waals surface area contributed by atoms with Gasteiger partial charge in [0.25, 0.3) is 0 Å². The minimum Gasteiger partial charge on any atom is -0.371 e. The Balaban J connectivity index is 2.48. The zero-order valence-electron chi connectivity index (χ0n) is 12.4. The SMILES string of the molecule is Cc1cc(Br)c(C(F)(F)F)c2c1NC(C)(C)c1nnc(C)n1-2. The highest BCUT2D eigenvalue weighted by Gasteiger charge is 2.43. The lowest BCUT2D eigenvalue weighted by molar-refractivity contribution is -0.138. The highest BCUT2D eigenvalue weighted by Crippen LogP contribution is 2.48. The summed E-state index contributed by atoms with van der Waals surface area (Å²) in [6.45, 7) is 7.16. The van der Waals surface area contributed by atoms with E-state index in [1.807, 2.05) is 13.8 Å². The molecule has 1 aliphatic rings. The van der Waals surface area contributed by atoms with Crippen molar-refractivity contribution in [2.45, 2.75) is 39.4 Å². The van der Waals surface area contributed by atoms with Crippen molar-refractivity contribution < 1.29 is 13.2 Å². The lowest BCUT2D eigenvalue weighted by Crippen LogP contribution is -2.37. The fourth-order valence-electron chi connectivity index (χ4n) is 2.81. The largest absolute Gasteiger partial charge is 0.419 e. The van der Waals surface area contributed by atoms with Crippen molar-refractivity contribution in [3.05, 3.63) is 33.3 Å². The lowest BCUT2D eigenvalue weighted by Gasteiger charge is -2.36. The zero-order valence-corrected chi connectivity index (χ0v) is 14.0. The maximum Gasteiger partial charge on any atom is 0.419 e. The molecule has 1 aromatic carbocycles. The molecule has 0 fully saturated rings. The number of benzene rings is 1. The molecular weight excluding hydrogens is 361 g/mol. The molecule has 0 spiro atoms. The van der Waals surface area contributed by atoms with Gasteiger partial charge in [-0.3, -0.25) is 4.57 Å². The summed E-state index contributed by atoms with van der Waals surface area (Å²) in [6, 6.07) is 1.48. The Bertz CT molecular complexity index is 777. The van der Waals surface area contributed by atoms with Crippen LogP contribution in [-0.2, 0) is 11.7 Å². The van der Waals surface area contributed by atoms with Gasteiger partial charge in [-0.05, 0) is 39.3 Å². The van der Waals surface area contributed by atoms with Gasteiger partial charge in [0.15, 0.2) is 5.82 Å². The summed E-state index contributed by atoms with van der Waals surface area (Å²) >= 11 is 3.05. The minimum absolute atomic E-state index is 0.0109. The van der Waals surface area contributed by atoms with Crippen LogP contribution in [0.5, 0.6) is 0 Å². The second kappa shape index (κ2) is 4.47. The molecule has 0 saturated heterocycles. The lowest BCUT2D eigenvalue weighted by atomic mass is 9.96. The van der Waals surface area contributed by atoms with E-state index in [-0.39, 0.29) is 10.2 Å². The number of nitrogens with one attached hydrogen (secondary N) is 1. The maximum absolute atomic E-state index is 13.6. The number of fused-ring (bicyclic) bond motifs is 3. The van der Waals surface area contributed by atoms with Gasteiger partial charge in [0.1, 0.15) is 5.82 Å². The van der Waals surface area contributed by atoms with Crippen LogP contribution in [0.15, 0.2) is 10.5 Å². The number of halogens is 4. The Kier molecular flexibility index (Phi) is 3.11. The molecule has 1 aliphatic heterocycles. The standard InChI is InChI=1S/C14H14BrF3N4/c1-6-5-8(15)9(14(16,17)18)11-10(6)19-13(3,4)12-21-20-7(2)22(11)12/h5,19H,1-4H3. The number of alkyl halides is 3. The van der Waals surface area contributed by atoms with Crippen LogP contribution >= 0.6 is 15.9 Å². The van der Waals surface area contributed by atoms with Gasteiger partial charge >= 0.3 is 6.18 Å². The van der Waals surface area contributed by atoms with E-state index in [1.54, 1.807) is 13.8 Å². The molecule has 0 radical (unpaired) electrons. The van der Waals surface area contributed by atoms with Crippen LogP contribution in [0.25, 0.3) is 5.69 Å². The van der Waals surface area contributed by atoms with Crippen molar-refractivity contribution >= 4 is 21.6 Å². The molecule has 2 aromatic rings. The van der Waals surface area contributed by atoms with E-state index < -0.39 is 17.3 Å². The predicted molar refractivity (Wildman–Crippen MR) is 80.2 cm³/mol. The second-order valence-corrected chi connectivity index (χ2v) is 6.78. The van der Waals surface area contributed by atoms with Crippen LogP contribution in [0.2, 0.25) is 0 Å². The van der Waals surface area contributed by atoms with E-state index in [4.69, 9.17) is 0 Å². The molecule has 2 heterocycles. The van der Waals surface area contributed by atoms with E-state index in [0.29, 0.717) is 17.3 Å². The molecule has 0 atom stereocenters. The van der Waals surface area contributed by atoms with Gasteiger partial charge < -0.3 is 5.32 Å². The Morgan fingerprint density at radius 3 is 2.45 bits per heavy atom. The summed E-state index contributed by atoms with van der Waals surface area (Å²) in [5.41, 5.74) is -0.107. The molecule has 0 unspecified atom stereocenters. The normalized spacial score (nSPS) is 16.0. The molecule has 0 bridgehead atoms. The molecule has 22 heavy (non-hydrogen) atoms. The average Bonchev–Trinajstić information content (AvgIpc) is 2.73. The molecule has 0 aliphatic carbocycles. The quantitative estimate of drug-likeness (QED) is 0.746. The molecule has 0 amide bonds. The Hall–Kier alpha value is -1.57. The van der Waals surface area contributed by atoms with Gasteiger partial charge in [-0.2, -0.15) is 13.2 Å². The third-order valence-electron chi connectivity index (χ3n) is 3.78. The molecule has 8 heteroatoms. The third-order valence-corrected chi connectivity index (χ3v) is 4.40. The summed E-state index contributed by atoms with van der Waals surface area (Å²) in [7, 11) is 0. The highest BCUT2D eigenvalue weighted by atomic mass is 79.9. The summed E-state index contributed by atoms with van der Waals surface area (Å²) in [6.07, 6.45) is -4.49. The molecule has 1 N–H and O–H groups in total. The highest BCUT2D eigenvalue weighted by molar-refractivity contribution is 9.10. The number of aryl methyl sites for hydroxylation is 2. The molecule has 3 rings (SSSR count). The van der Waals surface area contributed by atoms with Crippen molar-refractivity contribution in [2.24, 2.45) is 0 Å². The van der Waals surface area contributed by atoms with Gasteiger partial charge in [-0.15, -0.1) is 10.2 Å². The summed E-state index contributed by atoms with van der Waals surface area (Å²) in [4.78, 5) is 0. The van der Waals surface area contributed by atoms with E-state index in [0.717, 1.165) is 5.56 Å². The summed E-state index contributed by atoms with van der Waals surface area (Å²) in [5.74, 6) is 0.884. The summed E-state index contributed by atoms with van der Waals surface area (Å²) in [5, 5.41) is 11.2. The van der Waals surface area contributed by atoms with Crippen LogP contribution in [0.1, 0.15) is 36.6 Å². The monoisotopic (exact) mass is 374 g/mol. The number of rotatable bonds is 0. The topological polar surface area (TPSA) is 42.7 Å². The van der Waals surface area contributed by atoms with Crippen molar-refractivity contribution in [1.82, 2.24) is 14.8 Å². The maximum atomic E-state index is 13.6. The van der Waals surface area contributed by atoms with E-state index in [9.17, 15) is 13.2 Å². The first-order valence-corrected chi connectivity index (χ1v) is 7.44. The molecule has 118 valence electrons. The van der Waals surface area contributed by atoms with Crippen LogP contribution < -0.4 is 5.32 Å². The van der Waals surface area contributed by atoms with Crippen LogP contribution in [0, 0.1) is 13.8 Å².